The van der Waals surface area contributed by atoms with Crippen molar-refractivity contribution in [3.05, 3.63) is 48.1 Å². The standard InChI is InChI=1S/C16H19FN6O/c1-2-4-16(24)22-9-7-21(8-10-22)12-15-18-19-20-23(15)14-6-3-5-13(17)11-14/h2-6,11H,7-10,12H2,1H3. The molecule has 3 rings (SSSR count). The molecule has 1 aromatic heterocycles. The molecule has 24 heavy (non-hydrogen) atoms. The van der Waals surface area contributed by atoms with E-state index in [0.29, 0.717) is 31.1 Å². The van der Waals surface area contributed by atoms with Gasteiger partial charge >= 0.3 is 0 Å². The summed E-state index contributed by atoms with van der Waals surface area (Å²) in [5.74, 6) is 0.362. The molecule has 126 valence electrons. The largest absolute Gasteiger partial charge is 0.337 e. The molecule has 0 unspecified atom stereocenters. The highest BCUT2D eigenvalue weighted by molar-refractivity contribution is 5.87. The van der Waals surface area contributed by atoms with Crippen molar-refractivity contribution in [3.63, 3.8) is 0 Å². The molecule has 1 fully saturated rings. The Balaban J connectivity index is 1.64. The van der Waals surface area contributed by atoms with Gasteiger partial charge in [0.05, 0.1) is 12.2 Å². The van der Waals surface area contributed by atoms with E-state index in [1.54, 1.807) is 29.0 Å². The van der Waals surface area contributed by atoms with Crippen LogP contribution >= 0.6 is 0 Å². The number of piperazine rings is 1. The summed E-state index contributed by atoms with van der Waals surface area (Å²) in [5, 5.41) is 11.7. The molecule has 1 aliphatic rings. The van der Waals surface area contributed by atoms with Crippen molar-refractivity contribution in [3.8, 4) is 5.69 Å². The normalized spacial score (nSPS) is 16.0. The van der Waals surface area contributed by atoms with Crippen LogP contribution in [0.4, 0.5) is 4.39 Å². The second-order valence-corrected chi connectivity index (χ2v) is 5.59. The van der Waals surface area contributed by atoms with Gasteiger partial charge in [0, 0.05) is 26.2 Å². The van der Waals surface area contributed by atoms with Crippen LogP contribution in [0.2, 0.25) is 0 Å². The maximum atomic E-state index is 13.4. The van der Waals surface area contributed by atoms with E-state index in [1.165, 1.54) is 12.1 Å². The molecular formula is C16H19FN6O. The zero-order valence-electron chi connectivity index (χ0n) is 13.5. The Bertz CT molecular complexity index is 736. The Labute approximate surface area is 139 Å². The molecule has 1 saturated heterocycles. The molecule has 0 atom stereocenters. The lowest BCUT2D eigenvalue weighted by Gasteiger charge is -2.33. The van der Waals surface area contributed by atoms with E-state index in [4.69, 9.17) is 0 Å². The number of rotatable bonds is 4. The summed E-state index contributed by atoms with van der Waals surface area (Å²) < 4.78 is 14.9. The quantitative estimate of drug-likeness (QED) is 0.783. The zero-order chi connectivity index (χ0) is 16.9. The van der Waals surface area contributed by atoms with Crippen molar-refractivity contribution >= 4 is 5.91 Å². The minimum absolute atomic E-state index is 0.0433. The first kappa shape index (κ1) is 16.3. The summed E-state index contributed by atoms with van der Waals surface area (Å²) in [6.07, 6.45) is 3.34. The molecule has 0 spiro atoms. The lowest BCUT2D eigenvalue weighted by Crippen LogP contribution is -2.48. The predicted octanol–water partition coefficient (Wildman–Crippen LogP) is 1.02. The molecule has 2 heterocycles. The van der Waals surface area contributed by atoms with Crippen molar-refractivity contribution < 1.29 is 9.18 Å². The highest BCUT2D eigenvalue weighted by Crippen LogP contribution is 2.12. The fourth-order valence-electron chi connectivity index (χ4n) is 2.69. The summed E-state index contributed by atoms with van der Waals surface area (Å²) in [7, 11) is 0. The van der Waals surface area contributed by atoms with Crippen molar-refractivity contribution in [1.29, 1.82) is 0 Å². The highest BCUT2D eigenvalue weighted by atomic mass is 19.1. The van der Waals surface area contributed by atoms with E-state index in [-0.39, 0.29) is 11.7 Å². The summed E-state index contributed by atoms with van der Waals surface area (Å²) in [5.41, 5.74) is 0.594. The fourth-order valence-corrected chi connectivity index (χ4v) is 2.69. The highest BCUT2D eigenvalue weighted by Gasteiger charge is 2.21. The van der Waals surface area contributed by atoms with Crippen LogP contribution in [-0.2, 0) is 11.3 Å². The predicted molar refractivity (Wildman–Crippen MR) is 85.8 cm³/mol. The van der Waals surface area contributed by atoms with Gasteiger partial charge in [-0.05, 0) is 41.6 Å². The summed E-state index contributed by atoms with van der Waals surface area (Å²) in [6, 6.07) is 6.17. The number of amides is 1. The first-order chi connectivity index (χ1) is 11.7. The fraction of sp³-hybridized carbons (Fsp3) is 0.375. The third kappa shape index (κ3) is 3.65. The Morgan fingerprint density at radius 2 is 2.08 bits per heavy atom. The summed E-state index contributed by atoms with van der Waals surface area (Å²) in [6.45, 7) is 5.23. The number of hydrogen-bond acceptors (Lipinski definition) is 5. The number of carbonyl (C=O) groups is 1. The molecular weight excluding hydrogens is 311 g/mol. The number of aromatic nitrogens is 4. The number of nitrogens with zero attached hydrogens (tertiary/aromatic N) is 6. The maximum Gasteiger partial charge on any atom is 0.246 e. The average Bonchev–Trinajstić information content (AvgIpc) is 3.04. The smallest absolute Gasteiger partial charge is 0.246 e. The van der Waals surface area contributed by atoms with E-state index in [1.807, 2.05) is 11.8 Å². The van der Waals surface area contributed by atoms with E-state index in [0.717, 1.165) is 13.1 Å². The molecule has 0 saturated carbocycles. The van der Waals surface area contributed by atoms with E-state index >= 15 is 0 Å². The van der Waals surface area contributed by atoms with Crippen molar-refractivity contribution in [2.75, 3.05) is 26.2 Å². The summed E-state index contributed by atoms with van der Waals surface area (Å²) >= 11 is 0. The zero-order valence-corrected chi connectivity index (χ0v) is 13.5. The third-order valence-corrected chi connectivity index (χ3v) is 3.95. The average molecular weight is 330 g/mol. The monoisotopic (exact) mass is 330 g/mol. The van der Waals surface area contributed by atoms with E-state index < -0.39 is 0 Å². The first-order valence-corrected chi connectivity index (χ1v) is 7.84. The van der Waals surface area contributed by atoms with Crippen LogP contribution in [0.25, 0.3) is 5.69 Å². The molecule has 1 aromatic carbocycles. The maximum absolute atomic E-state index is 13.4. The molecule has 0 radical (unpaired) electrons. The van der Waals surface area contributed by atoms with Gasteiger partial charge in [0.2, 0.25) is 5.91 Å². The van der Waals surface area contributed by atoms with Crippen LogP contribution in [0.5, 0.6) is 0 Å². The first-order valence-electron chi connectivity index (χ1n) is 7.84. The van der Waals surface area contributed by atoms with Crippen LogP contribution in [0, 0.1) is 5.82 Å². The van der Waals surface area contributed by atoms with Gasteiger partial charge in [-0.3, -0.25) is 9.69 Å². The SMILES string of the molecule is CC=CC(=O)N1CCN(Cc2nnnn2-c2cccc(F)c2)CC1. The molecule has 1 aliphatic heterocycles. The van der Waals surface area contributed by atoms with Crippen molar-refractivity contribution in [1.82, 2.24) is 30.0 Å². The molecule has 1 amide bonds. The van der Waals surface area contributed by atoms with Gasteiger partial charge in [-0.15, -0.1) is 5.10 Å². The Hall–Kier alpha value is -2.61. The van der Waals surface area contributed by atoms with E-state index in [2.05, 4.69) is 20.4 Å². The molecule has 0 bridgehead atoms. The molecule has 0 N–H and O–H groups in total. The van der Waals surface area contributed by atoms with Gasteiger partial charge in [-0.25, -0.2) is 4.39 Å². The Kier molecular flexibility index (Phi) is 4.95. The Morgan fingerprint density at radius 1 is 1.29 bits per heavy atom. The van der Waals surface area contributed by atoms with Crippen LogP contribution in [0.15, 0.2) is 36.4 Å². The number of benzene rings is 1. The van der Waals surface area contributed by atoms with Gasteiger partial charge in [-0.1, -0.05) is 12.1 Å². The lowest BCUT2D eigenvalue weighted by molar-refractivity contribution is -0.127. The minimum atomic E-state index is -0.329. The van der Waals surface area contributed by atoms with Gasteiger partial charge in [-0.2, -0.15) is 4.68 Å². The number of allylic oxidation sites excluding steroid dienone is 1. The van der Waals surface area contributed by atoms with Crippen molar-refractivity contribution in [2.24, 2.45) is 0 Å². The number of hydrogen-bond donors (Lipinski definition) is 0. The molecule has 8 heteroatoms. The Morgan fingerprint density at radius 3 is 2.79 bits per heavy atom. The second-order valence-electron chi connectivity index (χ2n) is 5.59. The number of halogens is 1. The molecule has 2 aromatic rings. The van der Waals surface area contributed by atoms with Crippen LogP contribution in [-0.4, -0.2) is 62.1 Å². The topological polar surface area (TPSA) is 67.2 Å². The number of carbonyl (C=O) groups excluding carboxylic acids is 1. The van der Waals surface area contributed by atoms with Gasteiger partial charge < -0.3 is 4.90 Å². The molecule has 7 nitrogen and oxygen atoms in total. The second kappa shape index (κ2) is 7.31. The van der Waals surface area contributed by atoms with Crippen molar-refractivity contribution in [2.45, 2.75) is 13.5 Å². The minimum Gasteiger partial charge on any atom is -0.337 e. The number of tetrazole rings is 1. The van der Waals surface area contributed by atoms with Gasteiger partial charge in [0.1, 0.15) is 5.82 Å². The van der Waals surface area contributed by atoms with Crippen LogP contribution in [0.3, 0.4) is 0 Å². The van der Waals surface area contributed by atoms with Gasteiger partial charge in [0.15, 0.2) is 5.82 Å². The third-order valence-electron chi connectivity index (χ3n) is 3.95. The van der Waals surface area contributed by atoms with Crippen LogP contribution in [0.1, 0.15) is 12.7 Å². The molecule has 0 aliphatic carbocycles. The van der Waals surface area contributed by atoms with Gasteiger partial charge in [0.25, 0.3) is 0 Å². The lowest BCUT2D eigenvalue weighted by atomic mass is 10.3. The van der Waals surface area contributed by atoms with Crippen LogP contribution < -0.4 is 0 Å². The van der Waals surface area contributed by atoms with E-state index in [9.17, 15) is 9.18 Å². The summed E-state index contributed by atoms with van der Waals surface area (Å²) in [4.78, 5) is 15.8.